The molecule has 0 aromatic carbocycles. The molecule has 0 amide bonds. The van der Waals surface area contributed by atoms with Gasteiger partial charge in [0.05, 0.1) is 0 Å². The van der Waals surface area contributed by atoms with Gasteiger partial charge >= 0.3 is 0 Å². The van der Waals surface area contributed by atoms with Crippen LogP contribution >= 0.6 is 0 Å². The van der Waals surface area contributed by atoms with Crippen LogP contribution in [0.1, 0.15) is 32.6 Å². The summed E-state index contributed by atoms with van der Waals surface area (Å²) in [5.41, 5.74) is 0.388. The predicted molar refractivity (Wildman–Crippen MR) is 65.6 cm³/mol. The molecule has 3 heteroatoms. The van der Waals surface area contributed by atoms with Gasteiger partial charge in [-0.2, -0.15) is 0 Å². The molecule has 1 heterocycles. The summed E-state index contributed by atoms with van der Waals surface area (Å²) in [6.45, 7) is 3.92. The fourth-order valence-electron chi connectivity index (χ4n) is 2.46. The van der Waals surface area contributed by atoms with Crippen molar-refractivity contribution in [1.29, 1.82) is 0 Å². The number of rotatable bonds is 4. The fraction of sp³-hybridized carbons (Fsp3) is 0.615. The molecule has 0 saturated heterocycles. The quantitative estimate of drug-likeness (QED) is 0.839. The van der Waals surface area contributed by atoms with Crippen molar-refractivity contribution in [2.45, 2.75) is 44.7 Å². The van der Waals surface area contributed by atoms with E-state index in [9.17, 15) is 4.79 Å². The summed E-state index contributed by atoms with van der Waals surface area (Å²) in [7, 11) is 0. The van der Waals surface area contributed by atoms with E-state index in [2.05, 4.69) is 12.2 Å². The van der Waals surface area contributed by atoms with Crippen molar-refractivity contribution >= 4 is 0 Å². The van der Waals surface area contributed by atoms with Crippen LogP contribution in [0.4, 0.5) is 0 Å². The Balaban J connectivity index is 1.84. The summed E-state index contributed by atoms with van der Waals surface area (Å²) >= 11 is 0. The molecule has 1 aliphatic carbocycles. The first-order valence-electron chi connectivity index (χ1n) is 6.10. The van der Waals surface area contributed by atoms with Crippen LogP contribution < -0.4 is 10.9 Å². The Morgan fingerprint density at radius 2 is 2.12 bits per heavy atom. The fourth-order valence-corrected chi connectivity index (χ4v) is 2.46. The largest absolute Gasteiger partial charge is 0.314 e. The molecule has 0 radical (unpaired) electrons. The monoisotopic (exact) mass is 220 g/mol. The van der Waals surface area contributed by atoms with Crippen molar-refractivity contribution in [2.24, 2.45) is 0 Å². The summed E-state index contributed by atoms with van der Waals surface area (Å²) in [4.78, 5) is 11.5. The van der Waals surface area contributed by atoms with E-state index in [0.29, 0.717) is 5.54 Å². The van der Waals surface area contributed by atoms with E-state index in [1.807, 2.05) is 12.3 Å². The first-order valence-corrected chi connectivity index (χ1v) is 6.10. The van der Waals surface area contributed by atoms with Gasteiger partial charge in [0.1, 0.15) is 0 Å². The second-order valence-corrected chi connectivity index (χ2v) is 4.93. The molecule has 1 saturated carbocycles. The molecule has 16 heavy (non-hydrogen) atoms. The highest BCUT2D eigenvalue weighted by Gasteiger charge is 2.27. The molecular formula is C13H20N2O. The van der Waals surface area contributed by atoms with Gasteiger partial charge in [0.25, 0.3) is 5.56 Å². The van der Waals surface area contributed by atoms with Crippen LogP contribution in [0.25, 0.3) is 0 Å². The van der Waals surface area contributed by atoms with E-state index in [-0.39, 0.29) is 5.56 Å². The molecule has 1 aromatic heterocycles. The van der Waals surface area contributed by atoms with E-state index >= 15 is 0 Å². The van der Waals surface area contributed by atoms with Crippen LogP contribution in [-0.4, -0.2) is 16.7 Å². The van der Waals surface area contributed by atoms with Crippen LogP contribution in [0.2, 0.25) is 0 Å². The SMILES string of the molecule is CC1(NCCn2ccccc2=O)CCCC1. The third-order valence-electron chi connectivity index (χ3n) is 3.51. The molecular weight excluding hydrogens is 200 g/mol. The molecule has 0 bridgehead atoms. The summed E-state index contributed by atoms with van der Waals surface area (Å²) in [6, 6.07) is 5.29. The topological polar surface area (TPSA) is 34.0 Å². The van der Waals surface area contributed by atoms with Gasteiger partial charge in [-0.25, -0.2) is 0 Å². The minimum absolute atomic E-state index is 0.0841. The van der Waals surface area contributed by atoms with E-state index in [1.165, 1.54) is 25.7 Å². The second-order valence-electron chi connectivity index (χ2n) is 4.93. The van der Waals surface area contributed by atoms with Gasteiger partial charge in [-0.1, -0.05) is 18.9 Å². The van der Waals surface area contributed by atoms with Crippen molar-refractivity contribution in [2.75, 3.05) is 6.54 Å². The summed E-state index contributed by atoms with van der Waals surface area (Å²) in [6.07, 6.45) is 7.03. The molecule has 2 rings (SSSR count). The zero-order chi connectivity index (χ0) is 11.4. The van der Waals surface area contributed by atoms with Crippen molar-refractivity contribution < 1.29 is 0 Å². The molecule has 0 aliphatic heterocycles. The van der Waals surface area contributed by atoms with Crippen LogP contribution in [0.5, 0.6) is 0 Å². The van der Waals surface area contributed by atoms with Gasteiger partial charge in [-0.05, 0) is 25.8 Å². The van der Waals surface area contributed by atoms with E-state index in [0.717, 1.165) is 13.1 Å². The number of hydrogen-bond acceptors (Lipinski definition) is 2. The first kappa shape index (κ1) is 11.4. The molecule has 88 valence electrons. The lowest BCUT2D eigenvalue weighted by Crippen LogP contribution is -2.41. The highest BCUT2D eigenvalue weighted by atomic mass is 16.1. The molecule has 0 spiro atoms. The Kier molecular flexibility index (Phi) is 3.44. The van der Waals surface area contributed by atoms with Crippen molar-refractivity contribution in [3.05, 3.63) is 34.7 Å². The molecule has 1 N–H and O–H groups in total. The van der Waals surface area contributed by atoms with Crippen molar-refractivity contribution in [1.82, 2.24) is 9.88 Å². The first-order chi connectivity index (χ1) is 7.70. The average molecular weight is 220 g/mol. The van der Waals surface area contributed by atoms with Crippen molar-refractivity contribution in [3.63, 3.8) is 0 Å². The average Bonchev–Trinajstić information content (AvgIpc) is 2.68. The Bertz CT molecular complexity index is 391. The Morgan fingerprint density at radius 3 is 2.81 bits per heavy atom. The molecule has 1 fully saturated rings. The zero-order valence-electron chi connectivity index (χ0n) is 9.91. The lowest BCUT2D eigenvalue weighted by molar-refractivity contribution is 0.356. The molecule has 0 unspecified atom stereocenters. The normalized spacial score (nSPS) is 18.8. The van der Waals surface area contributed by atoms with E-state index < -0.39 is 0 Å². The van der Waals surface area contributed by atoms with E-state index in [1.54, 1.807) is 16.7 Å². The second kappa shape index (κ2) is 4.83. The highest BCUT2D eigenvalue weighted by Crippen LogP contribution is 2.28. The van der Waals surface area contributed by atoms with Crippen molar-refractivity contribution in [3.8, 4) is 0 Å². The Hall–Kier alpha value is -1.09. The summed E-state index contributed by atoms with van der Waals surface area (Å²) in [5.74, 6) is 0. The third-order valence-corrected chi connectivity index (χ3v) is 3.51. The number of aromatic nitrogens is 1. The van der Waals surface area contributed by atoms with Crippen LogP contribution in [0.3, 0.4) is 0 Å². The third kappa shape index (κ3) is 2.73. The van der Waals surface area contributed by atoms with Gasteiger partial charge in [0.15, 0.2) is 0 Å². The lowest BCUT2D eigenvalue weighted by Gasteiger charge is -2.25. The molecule has 0 atom stereocenters. The number of pyridine rings is 1. The zero-order valence-corrected chi connectivity index (χ0v) is 9.91. The highest BCUT2D eigenvalue weighted by molar-refractivity contribution is 4.93. The standard InChI is InChI=1S/C13H20N2O/c1-13(7-3-4-8-13)14-9-11-15-10-5-2-6-12(15)16/h2,5-6,10,14H,3-4,7-9,11H2,1H3. The maximum absolute atomic E-state index is 11.5. The maximum Gasteiger partial charge on any atom is 0.250 e. The summed E-state index contributed by atoms with van der Waals surface area (Å²) < 4.78 is 1.76. The molecule has 1 aromatic rings. The van der Waals surface area contributed by atoms with Crippen LogP contribution in [-0.2, 0) is 6.54 Å². The predicted octanol–water partition coefficient (Wildman–Crippen LogP) is 1.77. The van der Waals surface area contributed by atoms with Gasteiger partial charge in [0, 0.05) is 30.9 Å². The maximum atomic E-state index is 11.5. The minimum Gasteiger partial charge on any atom is -0.314 e. The Morgan fingerprint density at radius 1 is 1.38 bits per heavy atom. The van der Waals surface area contributed by atoms with Gasteiger partial charge in [-0.15, -0.1) is 0 Å². The van der Waals surface area contributed by atoms with Gasteiger partial charge in [0.2, 0.25) is 0 Å². The lowest BCUT2D eigenvalue weighted by atomic mass is 10.0. The minimum atomic E-state index is 0.0841. The summed E-state index contributed by atoms with van der Waals surface area (Å²) in [5, 5.41) is 3.57. The van der Waals surface area contributed by atoms with E-state index in [4.69, 9.17) is 0 Å². The number of nitrogens with one attached hydrogen (secondary N) is 1. The van der Waals surface area contributed by atoms with Crippen LogP contribution in [0.15, 0.2) is 29.2 Å². The number of nitrogens with zero attached hydrogens (tertiary/aromatic N) is 1. The van der Waals surface area contributed by atoms with Gasteiger partial charge < -0.3 is 9.88 Å². The Labute approximate surface area is 96.5 Å². The van der Waals surface area contributed by atoms with Crippen LogP contribution in [0, 0.1) is 0 Å². The number of hydrogen-bond donors (Lipinski definition) is 1. The molecule has 1 aliphatic rings. The van der Waals surface area contributed by atoms with Gasteiger partial charge in [-0.3, -0.25) is 4.79 Å². The smallest absolute Gasteiger partial charge is 0.250 e. The molecule has 3 nitrogen and oxygen atoms in total.